The third-order valence-electron chi connectivity index (χ3n) is 4.24. The van der Waals surface area contributed by atoms with Crippen LogP contribution in [0.4, 0.5) is 5.00 Å². The van der Waals surface area contributed by atoms with Gasteiger partial charge in [0.25, 0.3) is 0 Å². The molecule has 2 aromatic rings. The van der Waals surface area contributed by atoms with Crippen LogP contribution in [0.25, 0.3) is 6.08 Å². The summed E-state index contributed by atoms with van der Waals surface area (Å²) in [7, 11) is 0. The van der Waals surface area contributed by atoms with Crippen molar-refractivity contribution in [3.63, 3.8) is 0 Å². The molecule has 0 unspecified atom stereocenters. The molecule has 0 saturated carbocycles. The first-order valence-corrected chi connectivity index (χ1v) is 9.85. The summed E-state index contributed by atoms with van der Waals surface area (Å²) in [5, 5.41) is 3.45. The number of furan rings is 1. The highest BCUT2D eigenvalue weighted by atomic mass is 32.1. The number of nitrogens with one attached hydrogen (secondary N) is 1. The minimum Gasteiger partial charge on any atom is -0.465 e. The van der Waals surface area contributed by atoms with Gasteiger partial charge in [0.2, 0.25) is 5.91 Å². The maximum atomic E-state index is 12.6. The molecule has 0 radical (unpaired) electrons. The lowest BCUT2D eigenvalue weighted by Crippen LogP contribution is -2.13. The number of carbonyl (C=O) groups excluding carboxylic acids is 2. The summed E-state index contributed by atoms with van der Waals surface area (Å²) in [5.74, 6) is -0.0244. The molecule has 0 atom stereocenters. The highest BCUT2D eigenvalue weighted by molar-refractivity contribution is 7.17. The second-order valence-corrected chi connectivity index (χ2v) is 7.35. The number of carbonyl (C=O) groups is 2. The van der Waals surface area contributed by atoms with E-state index in [4.69, 9.17) is 9.15 Å². The Bertz CT molecular complexity index is 789. The predicted molar refractivity (Wildman–Crippen MR) is 103 cm³/mol. The van der Waals surface area contributed by atoms with Gasteiger partial charge in [-0.05, 0) is 55.9 Å². The van der Waals surface area contributed by atoms with Crippen molar-refractivity contribution >= 4 is 34.3 Å². The van der Waals surface area contributed by atoms with E-state index in [1.54, 1.807) is 24.5 Å². The third-order valence-corrected chi connectivity index (χ3v) is 5.45. The molecular formula is C20H23NO4S. The van der Waals surface area contributed by atoms with Crippen molar-refractivity contribution in [1.29, 1.82) is 0 Å². The number of aryl methyl sites for hydroxylation is 1. The number of rotatable bonds is 6. The SMILES string of the molecule is CCCOC(=O)c1c(NC(=O)/C=C/c2ccco2)sc2c1CCCCC2. The maximum Gasteiger partial charge on any atom is 0.341 e. The van der Waals surface area contributed by atoms with E-state index < -0.39 is 0 Å². The van der Waals surface area contributed by atoms with Crippen molar-refractivity contribution in [2.45, 2.75) is 45.4 Å². The Labute approximate surface area is 157 Å². The van der Waals surface area contributed by atoms with Crippen LogP contribution in [0.5, 0.6) is 0 Å². The second kappa shape index (κ2) is 8.85. The average Bonchev–Trinajstić information content (AvgIpc) is 3.20. The van der Waals surface area contributed by atoms with Gasteiger partial charge in [-0.25, -0.2) is 4.79 Å². The molecule has 3 rings (SSSR count). The van der Waals surface area contributed by atoms with Crippen LogP contribution >= 0.6 is 11.3 Å². The summed E-state index contributed by atoms with van der Waals surface area (Å²) in [4.78, 5) is 26.1. The van der Waals surface area contributed by atoms with Crippen LogP contribution in [0.3, 0.4) is 0 Å². The number of esters is 1. The van der Waals surface area contributed by atoms with Gasteiger partial charge in [-0.15, -0.1) is 11.3 Å². The van der Waals surface area contributed by atoms with Gasteiger partial charge >= 0.3 is 5.97 Å². The number of amides is 1. The lowest BCUT2D eigenvalue weighted by atomic mass is 10.1. The van der Waals surface area contributed by atoms with Gasteiger partial charge in [-0.1, -0.05) is 13.3 Å². The molecule has 1 amide bonds. The van der Waals surface area contributed by atoms with Gasteiger partial charge in [0.05, 0.1) is 18.4 Å². The third kappa shape index (κ3) is 4.43. The van der Waals surface area contributed by atoms with E-state index in [9.17, 15) is 9.59 Å². The molecule has 138 valence electrons. The van der Waals surface area contributed by atoms with E-state index in [-0.39, 0.29) is 11.9 Å². The summed E-state index contributed by atoms with van der Waals surface area (Å²) >= 11 is 1.50. The minimum absolute atomic E-state index is 0.289. The zero-order valence-corrected chi connectivity index (χ0v) is 15.7. The van der Waals surface area contributed by atoms with Crippen LogP contribution in [-0.4, -0.2) is 18.5 Å². The van der Waals surface area contributed by atoms with Gasteiger partial charge in [-0.2, -0.15) is 0 Å². The molecule has 1 aliphatic rings. The molecule has 0 bridgehead atoms. The largest absolute Gasteiger partial charge is 0.465 e. The van der Waals surface area contributed by atoms with E-state index in [1.165, 1.54) is 28.7 Å². The first-order chi connectivity index (χ1) is 12.7. The predicted octanol–water partition coefficient (Wildman–Crippen LogP) is 4.83. The Morgan fingerprint density at radius 1 is 1.31 bits per heavy atom. The van der Waals surface area contributed by atoms with Gasteiger partial charge < -0.3 is 14.5 Å². The summed E-state index contributed by atoms with van der Waals surface area (Å²) in [5.41, 5.74) is 1.60. The van der Waals surface area contributed by atoms with E-state index >= 15 is 0 Å². The molecular weight excluding hydrogens is 350 g/mol. The van der Waals surface area contributed by atoms with Gasteiger partial charge in [-0.3, -0.25) is 4.79 Å². The van der Waals surface area contributed by atoms with Gasteiger partial charge in [0, 0.05) is 11.0 Å². The summed E-state index contributed by atoms with van der Waals surface area (Å²) in [6, 6.07) is 3.53. The Morgan fingerprint density at radius 2 is 2.15 bits per heavy atom. The first-order valence-electron chi connectivity index (χ1n) is 9.03. The molecule has 2 aromatic heterocycles. The summed E-state index contributed by atoms with van der Waals surface area (Å²) in [6.07, 6.45) is 10.5. The van der Waals surface area contributed by atoms with Crippen molar-refractivity contribution in [1.82, 2.24) is 0 Å². The van der Waals surface area contributed by atoms with Crippen molar-refractivity contribution in [2.24, 2.45) is 0 Å². The zero-order valence-electron chi connectivity index (χ0n) is 14.9. The minimum atomic E-state index is -0.337. The molecule has 0 aromatic carbocycles. The highest BCUT2D eigenvalue weighted by Gasteiger charge is 2.26. The molecule has 2 heterocycles. The first kappa shape index (κ1) is 18.5. The zero-order chi connectivity index (χ0) is 18.4. The number of fused-ring (bicyclic) bond motifs is 1. The Balaban J connectivity index is 1.83. The molecule has 0 spiro atoms. The summed E-state index contributed by atoms with van der Waals surface area (Å²) in [6.45, 7) is 2.35. The Morgan fingerprint density at radius 3 is 2.92 bits per heavy atom. The fourth-order valence-corrected chi connectivity index (χ4v) is 4.29. The van der Waals surface area contributed by atoms with Crippen LogP contribution < -0.4 is 5.32 Å². The lowest BCUT2D eigenvalue weighted by molar-refractivity contribution is -0.111. The monoisotopic (exact) mass is 373 g/mol. The van der Waals surface area contributed by atoms with Crippen LogP contribution in [0.2, 0.25) is 0 Å². The van der Waals surface area contributed by atoms with E-state index in [0.29, 0.717) is 22.9 Å². The fourth-order valence-electron chi connectivity index (χ4n) is 3.01. The number of anilines is 1. The lowest BCUT2D eigenvalue weighted by Gasteiger charge is -2.08. The van der Waals surface area contributed by atoms with Crippen molar-refractivity contribution in [3.8, 4) is 0 Å². The molecule has 6 heteroatoms. The molecule has 5 nitrogen and oxygen atoms in total. The maximum absolute atomic E-state index is 12.6. The number of hydrogen-bond donors (Lipinski definition) is 1. The standard InChI is InChI=1S/C20H23NO4S/c1-2-12-25-20(23)18-15-8-4-3-5-9-16(15)26-19(18)21-17(22)11-10-14-7-6-13-24-14/h6-7,10-11,13H,2-5,8-9,12H2,1H3,(H,21,22)/b11-10+. The number of ether oxygens (including phenoxy) is 1. The molecule has 0 aliphatic heterocycles. The van der Waals surface area contributed by atoms with E-state index in [0.717, 1.165) is 37.7 Å². The Kier molecular flexibility index (Phi) is 6.28. The van der Waals surface area contributed by atoms with Crippen molar-refractivity contribution in [3.05, 3.63) is 46.2 Å². The van der Waals surface area contributed by atoms with Crippen molar-refractivity contribution < 1.29 is 18.7 Å². The quantitative estimate of drug-likeness (QED) is 0.447. The smallest absolute Gasteiger partial charge is 0.341 e. The summed E-state index contributed by atoms with van der Waals surface area (Å²) < 4.78 is 10.5. The van der Waals surface area contributed by atoms with Crippen LogP contribution in [0.15, 0.2) is 28.9 Å². The number of hydrogen-bond acceptors (Lipinski definition) is 5. The van der Waals surface area contributed by atoms with E-state index in [1.807, 2.05) is 6.92 Å². The topological polar surface area (TPSA) is 68.5 Å². The van der Waals surface area contributed by atoms with E-state index in [2.05, 4.69) is 5.32 Å². The Hall–Kier alpha value is -2.34. The molecule has 0 saturated heterocycles. The average molecular weight is 373 g/mol. The van der Waals surface area contributed by atoms with Crippen LogP contribution in [0.1, 0.15) is 59.2 Å². The van der Waals surface area contributed by atoms with Gasteiger partial charge in [0.15, 0.2) is 0 Å². The normalized spacial score (nSPS) is 14.0. The van der Waals surface area contributed by atoms with Crippen LogP contribution in [0, 0.1) is 0 Å². The second-order valence-electron chi connectivity index (χ2n) is 6.24. The fraction of sp³-hybridized carbons (Fsp3) is 0.400. The molecule has 1 aliphatic carbocycles. The molecule has 26 heavy (non-hydrogen) atoms. The van der Waals surface area contributed by atoms with Crippen molar-refractivity contribution in [2.75, 3.05) is 11.9 Å². The number of thiophene rings is 1. The van der Waals surface area contributed by atoms with Crippen LogP contribution in [-0.2, 0) is 22.4 Å². The van der Waals surface area contributed by atoms with Gasteiger partial charge in [0.1, 0.15) is 10.8 Å². The molecule has 1 N–H and O–H groups in total. The highest BCUT2D eigenvalue weighted by Crippen LogP contribution is 2.38. The molecule has 0 fully saturated rings.